The number of nitro benzene ring substituents is 1. The van der Waals surface area contributed by atoms with E-state index in [1.807, 2.05) is 0 Å². The zero-order valence-corrected chi connectivity index (χ0v) is 11.1. The topological polar surface area (TPSA) is 127 Å². The maximum Gasteiger partial charge on any atom is 0.289 e. The second kappa shape index (κ2) is 5.98. The van der Waals surface area contributed by atoms with Gasteiger partial charge in [0.15, 0.2) is 0 Å². The van der Waals surface area contributed by atoms with Crippen LogP contribution in [-0.2, 0) is 11.3 Å². The summed E-state index contributed by atoms with van der Waals surface area (Å²) in [5.41, 5.74) is -0.0841. The normalized spacial score (nSPS) is 9.90. The summed E-state index contributed by atoms with van der Waals surface area (Å²) in [6.45, 7) is -0.188. The lowest BCUT2D eigenvalue weighted by molar-refractivity contribution is -0.384. The predicted molar refractivity (Wildman–Crippen MR) is 71.5 cm³/mol. The van der Waals surface area contributed by atoms with Crippen LogP contribution in [0, 0.1) is 21.4 Å². The summed E-state index contributed by atoms with van der Waals surface area (Å²) in [5, 5.41) is 29.0. The molecule has 0 aliphatic heterocycles. The maximum absolute atomic E-state index is 11.8. The van der Waals surface area contributed by atoms with E-state index in [1.165, 1.54) is 23.0 Å². The van der Waals surface area contributed by atoms with Gasteiger partial charge >= 0.3 is 0 Å². The summed E-state index contributed by atoms with van der Waals surface area (Å²) in [6.07, 6.45) is 1.24. The molecule has 2 aromatic rings. The highest BCUT2D eigenvalue weighted by atomic mass is 35.5. The van der Waals surface area contributed by atoms with Gasteiger partial charge in [0, 0.05) is 11.8 Å². The molecule has 1 aromatic heterocycles. The van der Waals surface area contributed by atoms with E-state index in [0.29, 0.717) is 0 Å². The first kappa shape index (κ1) is 14.4. The first-order valence-electron chi connectivity index (χ1n) is 5.53. The summed E-state index contributed by atoms with van der Waals surface area (Å²) < 4.78 is 1.25. The zero-order valence-electron chi connectivity index (χ0n) is 10.4. The molecule has 1 heterocycles. The second-order valence-corrected chi connectivity index (χ2v) is 4.27. The van der Waals surface area contributed by atoms with Crippen molar-refractivity contribution in [1.82, 2.24) is 14.8 Å². The molecule has 0 saturated carbocycles. The average Bonchev–Trinajstić information content (AvgIpc) is 2.87. The molecule has 1 amide bonds. The molecular formula is C11H7ClN6O3. The van der Waals surface area contributed by atoms with Crippen LogP contribution < -0.4 is 5.32 Å². The first-order valence-corrected chi connectivity index (χ1v) is 5.90. The third kappa shape index (κ3) is 3.31. The van der Waals surface area contributed by atoms with Gasteiger partial charge in [-0.3, -0.25) is 19.5 Å². The number of anilines is 1. The van der Waals surface area contributed by atoms with E-state index in [9.17, 15) is 14.9 Å². The van der Waals surface area contributed by atoms with Crippen molar-refractivity contribution in [2.24, 2.45) is 0 Å². The fourth-order valence-corrected chi connectivity index (χ4v) is 1.73. The quantitative estimate of drug-likeness (QED) is 0.671. The number of nitriles is 1. The van der Waals surface area contributed by atoms with Crippen molar-refractivity contribution in [2.45, 2.75) is 6.54 Å². The van der Waals surface area contributed by atoms with Crippen molar-refractivity contribution in [2.75, 3.05) is 5.32 Å². The van der Waals surface area contributed by atoms with E-state index >= 15 is 0 Å². The lowest BCUT2D eigenvalue weighted by atomic mass is 10.3. The van der Waals surface area contributed by atoms with Gasteiger partial charge < -0.3 is 5.32 Å². The number of benzene rings is 1. The third-order valence-corrected chi connectivity index (χ3v) is 2.78. The van der Waals surface area contributed by atoms with Crippen molar-refractivity contribution >= 4 is 28.9 Å². The minimum Gasteiger partial charge on any atom is -0.324 e. The van der Waals surface area contributed by atoms with Crippen LogP contribution in [-0.4, -0.2) is 25.6 Å². The van der Waals surface area contributed by atoms with E-state index < -0.39 is 10.8 Å². The Morgan fingerprint density at radius 1 is 1.57 bits per heavy atom. The van der Waals surface area contributed by atoms with Crippen LogP contribution in [0.2, 0.25) is 5.02 Å². The number of halogens is 1. The van der Waals surface area contributed by atoms with Gasteiger partial charge in [0.1, 0.15) is 24.0 Å². The van der Waals surface area contributed by atoms with Crippen LogP contribution >= 0.6 is 11.6 Å². The monoisotopic (exact) mass is 306 g/mol. The molecule has 0 fully saturated rings. The van der Waals surface area contributed by atoms with Gasteiger partial charge in [-0.05, 0) is 12.1 Å². The lowest BCUT2D eigenvalue weighted by Gasteiger charge is -2.06. The molecule has 1 N–H and O–H groups in total. The molecule has 21 heavy (non-hydrogen) atoms. The van der Waals surface area contributed by atoms with Crippen LogP contribution in [0.4, 0.5) is 11.4 Å². The molecule has 0 radical (unpaired) electrons. The molecule has 0 bridgehead atoms. The fraction of sp³-hybridized carbons (Fsp3) is 0.0909. The van der Waals surface area contributed by atoms with Crippen LogP contribution in [0.25, 0.3) is 0 Å². The highest BCUT2D eigenvalue weighted by Crippen LogP contribution is 2.27. The van der Waals surface area contributed by atoms with E-state index in [0.717, 1.165) is 6.07 Å². The van der Waals surface area contributed by atoms with Gasteiger partial charge in [-0.2, -0.15) is 5.26 Å². The molecule has 9 nitrogen and oxygen atoms in total. The van der Waals surface area contributed by atoms with Crippen LogP contribution in [0.1, 0.15) is 5.82 Å². The summed E-state index contributed by atoms with van der Waals surface area (Å²) in [6, 6.07) is 5.68. The average molecular weight is 307 g/mol. The second-order valence-electron chi connectivity index (χ2n) is 3.87. The summed E-state index contributed by atoms with van der Waals surface area (Å²) in [5.74, 6) is -0.491. The summed E-state index contributed by atoms with van der Waals surface area (Å²) in [7, 11) is 0. The molecule has 106 valence electrons. The number of rotatable bonds is 4. The smallest absolute Gasteiger partial charge is 0.289 e. The van der Waals surface area contributed by atoms with Gasteiger partial charge in [0.2, 0.25) is 11.7 Å². The molecular weight excluding hydrogens is 300 g/mol. The van der Waals surface area contributed by atoms with Gasteiger partial charge in [-0.25, -0.2) is 0 Å². The zero-order chi connectivity index (χ0) is 15.4. The van der Waals surface area contributed by atoms with Crippen LogP contribution in [0.5, 0.6) is 0 Å². The Balaban J connectivity index is 2.12. The molecule has 0 atom stereocenters. The summed E-state index contributed by atoms with van der Waals surface area (Å²) in [4.78, 5) is 21.9. The van der Waals surface area contributed by atoms with Crippen molar-refractivity contribution in [3.05, 3.63) is 45.5 Å². The Hall–Kier alpha value is -2.99. The minimum atomic E-state index is -0.647. The number of hydrogen-bond donors (Lipinski definition) is 1. The van der Waals surface area contributed by atoms with E-state index in [-0.39, 0.29) is 28.8 Å². The number of nitro groups is 1. The number of nitrogens with zero attached hydrogens (tertiary/aromatic N) is 5. The highest BCUT2D eigenvalue weighted by Gasteiger charge is 2.14. The Labute approximate surface area is 122 Å². The van der Waals surface area contributed by atoms with E-state index in [1.54, 1.807) is 6.07 Å². The van der Waals surface area contributed by atoms with Crippen molar-refractivity contribution in [1.29, 1.82) is 5.26 Å². The standard InChI is InChI=1S/C11H7ClN6O3/c12-8-2-1-7(3-9(8)18(20)21)15-11(19)5-17-6-14-16-10(17)4-13/h1-3,6H,5H2,(H,15,19). The Kier molecular flexibility index (Phi) is 4.10. The van der Waals surface area contributed by atoms with Crippen LogP contribution in [0.15, 0.2) is 24.5 Å². The van der Waals surface area contributed by atoms with Crippen molar-refractivity contribution in [3.8, 4) is 6.07 Å². The number of carbonyl (C=O) groups is 1. The van der Waals surface area contributed by atoms with Crippen LogP contribution in [0.3, 0.4) is 0 Å². The van der Waals surface area contributed by atoms with Gasteiger partial charge in [-0.15, -0.1) is 10.2 Å². The molecule has 0 aliphatic carbocycles. The highest BCUT2D eigenvalue weighted by molar-refractivity contribution is 6.32. The Morgan fingerprint density at radius 3 is 3.00 bits per heavy atom. The molecule has 2 rings (SSSR count). The number of hydrogen-bond acceptors (Lipinski definition) is 6. The third-order valence-electron chi connectivity index (χ3n) is 2.46. The molecule has 0 unspecified atom stereocenters. The fourth-order valence-electron chi connectivity index (χ4n) is 1.54. The number of carbonyl (C=O) groups excluding carboxylic acids is 1. The van der Waals surface area contributed by atoms with Gasteiger partial charge in [0.25, 0.3) is 5.69 Å². The maximum atomic E-state index is 11.8. The number of aromatic nitrogens is 3. The largest absolute Gasteiger partial charge is 0.324 e. The van der Waals surface area contributed by atoms with Gasteiger partial charge in [-0.1, -0.05) is 11.6 Å². The number of amides is 1. The minimum absolute atomic E-state index is 0.00719. The molecule has 0 spiro atoms. The van der Waals surface area contributed by atoms with Gasteiger partial charge in [0.05, 0.1) is 4.92 Å². The van der Waals surface area contributed by atoms with E-state index in [2.05, 4.69) is 15.5 Å². The Morgan fingerprint density at radius 2 is 2.33 bits per heavy atom. The van der Waals surface area contributed by atoms with Crippen molar-refractivity contribution in [3.63, 3.8) is 0 Å². The predicted octanol–water partition coefficient (Wildman–Crippen LogP) is 1.35. The lowest BCUT2D eigenvalue weighted by Crippen LogP contribution is -2.19. The Bertz CT molecular complexity index is 751. The SMILES string of the molecule is N#Cc1nncn1CC(=O)Nc1ccc(Cl)c([N+](=O)[O-])c1. The molecule has 0 aliphatic rings. The first-order chi connectivity index (χ1) is 10.0. The molecule has 10 heteroatoms. The molecule has 1 aromatic carbocycles. The summed E-state index contributed by atoms with van der Waals surface area (Å²) >= 11 is 5.67. The number of nitrogens with one attached hydrogen (secondary N) is 1. The van der Waals surface area contributed by atoms with Crippen molar-refractivity contribution < 1.29 is 9.72 Å². The molecule has 0 saturated heterocycles. The van der Waals surface area contributed by atoms with E-state index in [4.69, 9.17) is 16.9 Å².